The van der Waals surface area contributed by atoms with Crippen LogP contribution in [0.5, 0.6) is 0 Å². The SMILES string of the molecule is CC(C)C[C@@H]1NC(=O)CNC(=O)[C@@H]2CCCN2C(=O)[C@H](Cc2ccccc2)NC(=O)[C@@H](C)NC(=O)[C@H](Cc2ccccc2)NC(=O)[C@H](CO)NC1=O. The Hall–Kier alpha value is -5.31. The summed E-state index contributed by atoms with van der Waals surface area (Å²) in [4.78, 5) is 96.0. The Balaban J connectivity index is 1.67. The van der Waals surface area contributed by atoms with E-state index in [1.807, 2.05) is 19.9 Å². The number of nitrogens with one attached hydrogen (secondary N) is 6. The normalized spacial score (nSPS) is 25.9. The van der Waals surface area contributed by atoms with Crippen LogP contribution in [0.4, 0.5) is 0 Å². The first-order chi connectivity index (χ1) is 24.9. The second kappa shape index (κ2) is 18.8. The number of carbonyl (C=O) groups is 7. The van der Waals surface area contributed by atoms with E-state index < -0.39 is 90.8 Å². The van der Waals surface area contributed by atoms with Crippen LogP contribution < -0.4 is 31.9 Å². The number of carbonyl (C=O) groups excluding carboxylic acids is 7. The van der Waals surface area contributed by atoms with Crippen LogP contribution in [0.1, 0.15) is 51.2 Å². The van der Waals surface area contributed by atoms with Crippen molar-refractivity contribution < 1.29 is 38.7 Å². The molecule has 280 valence electrons. The van der Waals surface area contributed by atoms with Gasteiger partial charge < -0.3 is 41.9 Å². The maximum atomic E-state index is 14.1. The van der Waals surface area contributed by atoms with E-state index in [0.29, 0.717) is 18.4 Å². The molecule has 0 aromatic heterocycles. The van der Waals surface area contributed by atoms with Crippen LogP contribution in [0.15, 0.2) is 60.7 Å². The van der Waals surface area contributed by atoms with Gasteiger partial charge in [0.1, 0.15) is 36.3 Å². The first kappa shape index (κ1) is 39.5. The van der Waals surface area contributed by atoms with E-state index in [0.717, 1.165) is 5.56 Å². The number of hydrogen-bond donors (Lipinski definition) is 7. The lowest BCUT2D eigenvalue weighted by Crippen LogP contribution is -2.60. The zero-order valence-corrected chi connectivity index (χ0v) is 29.7. The fourth-order valence-corrected chi connectivity index (χ4v) is 6.26. The first-order valence-corrected chi connectivity index (χ1v) is 17.6. The molecule has 2 aliphatic rings. The molecule has 6 atom stereocenters. The predicted octanol–water partition coefficient (Wildman–Crippen LogP) is -0.925. The topological polar surface area (TPSA) is 215 Å². The van der Waals surface area contributed by atoms with Crippen molar-refractivity contribution in [2.45, 2.75) is 89.1 Å². The number of hydrogen-bond acceptors (Lipinski definition) is 8. The second-order valence-corrected chi connectivity index (χ2v) is 13.6. The van der Waals surface area contributed by atoms with Gasteiger partial charge in [0.05, 0.1) is 13.2 Å². The Morgan fingerprint density at radius 2 is 1.21 bits per heavy atom. The molecule has 15 nitrogen and oxygen atoms in total. The van der Waals surface area contributed by atoms with Crippen molar-refractivity contribution in [2.24, 2.45) is 5.92 Å². The summed E-state index contributed by atoms with van der Waals surface area (Å²) < 4.78 is 0. The van der Waals surface area contributed by atoms with Crippen LogP contribution in [0.2, 0.25) is 0 Å². The van der Waals surface area contributed by atoms with Crippen LogP contribution in [0, 0.1) is 5.92 Å². The fraction of sp³-hybridized carbons (Fsp3) is 0.486. The molecule has 2 saturated heterocycles. The lowest BCUT2D eigenvalue weighted by atomic mass is 10.0. The van der Waals surface area contributed by atoms with E-state index in [9.17, 15) is 38.7 Å². The van der Waals surface area contributed by atoms with Gasteiger partial charge in [-0.25, -0.2) is 0 Å². The zero-order chi connectivity index (χ0) is 37.8. The summed E-state index contributed by atoms with van der Waals surface area (Å²) in [6.45, 7) is 4.06. The zero-order valence-electron chi connectivity index (χ0n) is 29.7. The van der Waals surface area contributed by atoms with E-state index in [-0.39, 0.29) is 31.7 Å². The molecule has 2 fully saturated rings. The van der Waals surface area contributed by atoms with Crippen molar-refractivity contribution in [2.75, 3.05) is 19.7 Å². The minimum atomic E-state index is -1.49. The van der Waals surface area contributed by atoms with Crippen LogP contribution >= 0.6 is 0 Å². The summed E-state index contributed by atoms with van der Waals surface area (Å²) in [6, 6.07) is 10.8. The number of rotatable bonds is 7. The minimum absolute atomic E-state index is 0.0113. The molecule has 2 aliphatic heterocycles. The highest BCUT2D eigenvalue weighted by Crippen LogP contribution is 2.20. The molecule has 2 aromatic carbocycles. The third-order valence-corrected chi connectivity index (χ3v) is 9.00. The van der Waals surface area contributed by atoms with E-state index in [4.69, 9.17) is 0 Å². The van der Waals surface area contributed by atoms with Crippen molar-refractivity contribution in [3.8, 4) is 0 Å². The average Bonchev–Trinajstić information content (AvgIpc) is 3.62. The highest BCUT2D eigenvalue weighted by Gasteiger charge is 2.39. The summed E-state index contributed by atoms with van der Waals surface area (Å²) >= 11 is 0. The largest absolute Gasteiger partial charge is 0.394 e. The molecule has 0 bridgehead atoms. The van der Waals surface area contributed by atoms with Crippen molar-refractivity contribution in [1.29, 1.82) is 0 Å². The number of benzene rings is 2. The third kappa shape index (κ3) is 11.1. The van der Waals surface area contributed by atoms with Gasteiger partial charge in [-0.3, -0.25) is 33.6 Å². The summed E-state index contributed by atoms with van der Waals surface area (Å²) in [7, 11) is 0. The van der Waals surface area contributed by atoms with Crippen molar-refractivity contribution >= 4 is 41.4 Å². The number of nitrogens with zero attached hydrogens (tertiary/aromatic N) is 1. The van der Waals surface area contributed by atoms with Gasteiger partial charge in [-0.15, -0.1) is 0 Å². The van der Waals surface area contributed by atoms with Crippen LogP contribution in [0.3, 0.4) is 0 Å². The standard InChI is InChI=1S/C37H49N7O8/c1-22(2)17-26-34(49)43-29(21-45)35(50)41-27(18-24-11-6-4-7-12-24)33(48)39-23(3)32(47)42-28(19-25-13-8-5-9-14-25)37(52)44-16-10-15-30(44)36(51)38-20-31(46)40-26/h4-9,11-14,22-23,26-30,45H,10,15-21H2,1-3H3,(H,38,51)(H,39,48)(H,40,46)(H,41,50)(H,42,47)(H,43,49)/t23-,26+,27+,28+,29+,30+/m1/s1. The molecule has 0 unspecified atom stereocenters. The third-order valence-electron chi connectivity index (χ3n) is 9.00. The summed E-state index contributed by atoms with van der Waals surface area (Å²) in [5.74, 6) is -4.83. The molecule has 0 radical (unpaired) electrons. The Morgan fingerprint density at radius 1 is 0.673 bits per heavy atom. The molecular formula is C37H49N7O8. The molecule has 7 amide bonds. The summed E-state index contributed by atoms with van der Waals surface area (Å²) in [5.41, 5.74) is 1.44. The quantitative estimate of drug-likeness (QED) is 0.190. The molecule has 2 heterocycles. The summed E-state index contributed by atoms with van der Waals surface area (Å²) in [5, 5.41) is 25.7. The van der Waals surface area contributed by atoms with Crippen molar-refractivity contribution in [3.63, 3.8) is 0 Å². The van der Waals surface area contributed by atoms with Gasteiger partial charge in [-0.2, -0.15) is 0 Å². The molecule has 52 heavy (non-hydrogen) atoms. The predicted molar refractivity (Wildman–Crippen MR) is 190 cm³/mol. The lowest BCUT2D eigenvalue weighted by Gasteiger charge is -2.30. The molecular weight excluding hydrogens is 670 g/mol. The van der Waals surface area contributed by atoms with E-state index in [1.54, 1.807) is 54.6 Å². The van der Waals surface area contributed by atoms with E-state index >= 15 is 0 Å². The molecule has 2 aromatic rings. The van der Waals surface area contributed by atoms with Gasteiger partial charge in [0.2, 0.25) is 41.4 Å². The number of aliphatic hydroxyl groups is 1. The molecule has 0 aliphatic carbocycles. The first-order valence-electron chi connectivity index (χ1n) is 17.6. The Bertz CT molecular complexity index is 1590. The highest BCUT2D eigenvalue weighted by atomic mass is 16.3. The monoisotopic (exact) mass is 719 g/mol. The lowest BCUT2D eigenvalue weighted by molar-refractivity contribution is -0.142. The van der Waals surface area contributed by atoms with Gasteiger partial charge in [-0.1, -0.05) is 74.5 Å². The van der Waals surface area contributed by atoms with Crippen LogP contribution in [0.25, 0.3) is 0 Å². The van der Waals surface area contributed by atoms with Gasteiger partial charge in [0.25, 0.3) is 0 Å². The van der Waals surface area contributed by atoms with Gasteiger partial charge in [-0.05, 0) is 43.2 Å². The summed E-state index contributed by atoms with van der Waals surface area (Å²) in [6.07, 6.45) is 1.15. The van der Waals surface area contributed by atoms with Crippen molar-refractivity contribution in [1.82, 2.24) is 36.8 Å². The number of fused-ring (bicyclic) bond motifs is 1. The van der Waals surface area contributed by atoms with Gasteiger partial charge in [0.15, 0.2) is 0 Å². The van der Waals surface area contributed by atoms with Gasteiger partial charge in [0, 0.05) is 19.4 Å². The maximum absolute atomic E-state index is 14.1. The fourth-order valence-electron chi connectivity index (χ4n) is 6.26. The number of amides is 7. The highest BCUT2D eigenvalue weighted by molar-refractivity contribution is 5.98. The molecule has 7 N–H and O–H groups in total. The molecule has 0 saturated carbocycles. The smallest absolute Gasteiger partial charge is 0.246 e. The van der Waals surface area contributed by atoms with Crippen LogP contribution in [-0.4, -0.2) is 107 Å². The minimum Gasteiger partial charge on any atom is -0.394 e. The maximum Gasteiger partial charge on any atom is 0.246 e. The molecule has 4 rings (SSSR count). The molecule has 15 heteroatoms. The van der Waals surface area contributed by atoms with Gasteiger partial charge >= 0.3 is 0 Å². The van der Waals surface area contributed by atoms with Crippen molar-refractivity contribution in [3.05, 3.63) is 71.8 Å². The Morgan fingerprint density at radius 3 is 1.81 bits per heavy atom. The van der Waals surface area contributed by atoms with E-state index in [1.165, 1.54) is 11.8 Å². The average molecular weight is 720 g/mol. The van der Waals surface area contributed by atoms with Crippen LogP contribution in [-0.2, 0) is 46.4 Å². The van der Waals surface area contributed by atoms with E-state index in [2.05, 4.69) is 31.9 Å². The second-order valence-electron chi connectivity index (χ2n) is 13.6. The Labute approximate surface area is 303 Å². The number of aliphatic hydroxyl groups excluding tert-OH is 1. The molecule has 0 spiro atoms. The Kier molecular flexibility index (Phi) is 14.3.